The Morgan fingerprint density at radius 2 is 1.50 bits per heavy atom. The fourth-order valence-corrected chi connectivity index (χ4v) is 6.92. The van der Waals surface area contributed by atoms with Gasteiger partial charge in [-0.2, -0.15) is 12.0 Å². The first kappa shape index (κ1) is 50.2. The predicted octanol–water partition coefficient (Wildman–Crippen LogP) is 5.31. The van der Waals surface area contributed by atoms with Crippen LogP contribution in [0.15, 0.2) is 74.4 Å². The van der Waals surface area contributed by atoms with E-state index in [-0.39, 0.29) is 70.1 Å². The van der Waals surface area contributed by atoms with Crippen molar-refractivity contribution in [2.75, 3.05) is 27.8 Å². The molecule has 0 aromatic carbocycles. The largest absolute Gasteiger partial charge is 0.762 e. The minimum absolute atomic E-state index is 0. The summed E-state index contributed by atoms with van der Waals surface area (Å²) >= 11 is 2.29. The number of anilines is 2. The number of ether oxygens (including phenoxy) is 2. The molecule has 2 saturated heterocycles. The molecule has 4 N–H and O–H groups in total. The van der Waals surface area contributed by atoms with Crippen molar-refractivity contribution in [2.45, 2.75) is 85.2 Å². The SMILES string of the molecule is C.CCI.C[C@H]1CC[C@@H](CO)O1.C[C@H]1CC[C@@H](COP(=O)([O-])Nc2ccncc2)O1.O=P(Nc1ccncc1)(n1cncn1)[n+]1cnc[nH]1.[CH2-]C.[U]. The van der Waals surface area contributed by atoms with Gasteiger partial charge in [0.1, 0.15) is 12.7 Å². The number of pyridine rings is 2. The monoisotopic (exact) mass is 1100 g/mol. The molecule has 0 spiro atoms. The Hall–Kier alpha value is -1.78. The number of alkyl halides is 1. The van der Waals surface area contributed by atoms with Crippen LogP contribution in [-0.2, 0) is 23.1 Å². The Balaban J connectivity index is 0.000000733. The van der Waals surface area contributed by atoms with Crippen molar-refractivity contribution in [1.29, 1.82) is 0 Å². The Bertz CT molecular complexity index is 1480. The molecule has 6 heterocycles. The number of aromatic amines is 1. The molecule has 0 radical (unpaired) electrons. The van der Waals surface area contributed by atoms with Gasteiger partial charge in [-0.25, -0.2) is 9.55 Å². The first-order valence-electron chi connectivity index (χ1n) is 16.0. The van der Waals surface area contributed by atoms with E-state index in [0.29, 0.717) is 17.5 Å². The number of aliphatic hydroxyl groups is 1. The zero-order chi connectivity index (χ0) is 36.8. The Morgan fingerprint density at radius 3 is 1.90 bits per heavy atom. The summed E-state index contributed by atoms with van der Waals surface area (Å²) in [4.78, 5) is 27.0. The zero-order valence-corrected chi connectivity index (χ0v) is 37.3. The first-order chi connectivity index (χ1) is 24.1. The van der Waals surface area contributed by atoms with Gasteiger partial charge >= 0.3 is 13.9 Å². The van der Waals surface area contributed by atoms with E-state index in [1.165, 1.54) is 51.0 Å². The fraction of sp³-hybridized carbons (Fsp3) is 0.516. The molecule has 2 aliphatic rings. The van der Waals surface area contributed by atoms with E-state index in [0.717, 1.165) is 25.7 Å². The first-order valence-corrected chi connectivity index (χ1v) is 20.6. The van der Waals surface area contributed by atoms with E-state index in [4.69, 9.17) is 19.1 Å². The van der Waals surface area contributed by atoms with Gasteiger partial charge in [0, 0.05) is 67.3 Å². The summed E-state index contributed by atoms with van der Waals surface area (Å²) in [7, 11) is -7.38. The van der Waals surface area contributed by atoms with E-state index in [2.05, 4.69) is 76.7 Å². The fourth-order valence-electron chi connectivity index (χ4n) is 4.34. The van der Waals surface area contributed by atoms with Gasteiger partial charge in [0.05, 0.1) is 37.6 Å². The van der Waals surface area contributed by atoms with Crippen molar-refractivity contribution < 1.29 is 68.7 Å². The van der Waals surface area contributed by atoms with Crippen molar-refractivity contribution in [3.8, 4) is 0 Å². The van der Waals surface area contributed by atoms with Gasteiger partial charge < -0.3 is 36.0 Å². The van der Waals surface area contributed by atoms with Crippen molar-refractivity contribution >= 4 is 49.3 Å². The second-order valence-electron chi connectivity index (χ2n) is 10.5. The van der Waals surface area contributed by atoms with Crippen LogP contribution in [-0.4, -0.2) is 81.7 Å². The molecule has 0 bridgehead atoms. The quantitative estimate of drug-likeness (QED) is 0.0686. The summed E-state index contributed by atoms with van der Waals surface area (Å²) < 4.78 is 44.3. The van der Waals surface area contributed by atoms with Crippen molar-refractivity contribution in [3.63, 3.8) is 0 Å². The summed E-state index contributed by atoms with van der Waals surface area (Å²) in [6.07, 6.45) is 16.2. The molecule has 0 aliphatic carbocycles. The number of halogens is 1. The van der Waals surface area contributed by atoms with Crippen LogP contribution in [0, 0.1) is 38.0 Å². The van der Waals surface area contributed by atoms with Crippen LogP contribution >= 0.6 is 37.9 Å². The molecular weight excluding hydrogens is 1050 g/mol. The van der Waals surface area contributed by atoms with Crippen LogP contribution in [0.2, 0.25) is 0 Å². The number of nitrogens with zero attached hydrogens (tertiary/aromatic N) is 7. The van der Waals surface area contributed by atoms with Crippen LogP contribution < -0.4 is 19.5 Å². The standard InChI is InChI=1S/C11H17N2O4P.C9H9N8OP.C6H12O2.C2H5I.C2H5.CH4.U/c1-9-2-3-11(17-9)8-16-18(14,15)13-10-4-6-12-7-5-10;18-19(16-7-11-5-13-16,17-8-12-6-14-17)15-9-1-3-10-4-2-9;1-5-2-3-6(4-7)8-5;1-2-3;1-2;;/h4-7,9,11H,2-3,8H2,1H3,(H2,12,13,14,15);1-8H,(H,10,15,18);5-7H,2-4H2,1H3;2H2,1H3;1H2,2H3;1H4;/q;;;;-1;;/t9-,11-;;5-,6-;;;;/m0.0..../s1. The second-order valence-corrected chi connectivity index (χ2v) is 15.6. The molecule has 17 nitrogen and oxygen atoms in total. The summed E-state index contributed by atoms with van der Waals surface area (Å²) in [5, 5.41) is 20.5. The molecule has 21 heteroatoms. The molecule has 0 saturated carbocycles. The number of hydrogen-bond acceptors (Lipinski definition) is 12. The average molecular weight is 1100 g/mol. The summed E-state index contributed by atoms with van der Waals surface area (Å²) in [5.74, 6) is 0. The summed E-state index contributed by atoms with van der Waals surface area (Å²) in [5.41, 5.74) is 1.08. The predicted molar refractivity (Wildman–Crippen MR) is 203 cm³/mol. The van der Waals surface area contributed by atoms with Gasteiger partial charge in [-0.05, 0) is 73.2 Å². The molecule has 52 heavy (non-hydrogen) atoms. The Morgan fingerprint density at radius 1 is 0.981 bits per heavy atom. The van der Waals surface area contributed by atoms with Gasteiger partial charge in [0.15, 0.2) is 0 Å². The molecule has 290 valence electrons. The third-order valence-corrected chi connectivity index (χ3v) is 9.73. The van der Waals surface area contributed by atoms with Gasteiger partial charge in [-0.1, -0.05) is 41.4 Å². The number of H-pyrrole nitrogens is 1. The van der Waals surface area contributed by atoms with Crippen molar-refractivity contribution in [2.24, 2.45) is 0 Å². The van der Waals surface area contributed by atoms with E-state index >= 15 is 0 Å². The smallest absolute Gasteiger partial charge is 0.485 e. The molecule has 2 aliphatic heterocycles. The van der Waals surface area contributed by atoms with Gasteiger partial charge in [0.2, 0.25) is 14.1 Å². The summed E-state index contributed by atoms with van der Waals surface area (Å²) in [6.45, 7) is 11.4. The number of nitrogens with one attached hydrogen (secondary N) is 3. The minimum Gasteiger partial charge on any atom is -0.762 e. The third-order valence-electron chi connectivity index (χ3n) is 6.59. The number of hydrogen-bond donors (Lipinski definition) is 4. The molecule has 6 rings (SSSR count). The number of aromatic nitrogens is 8. The van der Waals surface area contributed by atoms with Crippen LogP contribution in [0.1, 0.15) is 60.8 Å². The second kappa shape index (κ2) is 27.8. The van der Waals surface area contributed by atoms with Gasteiger partial charge in [0.25, 0.3) is 0 Å². The normalized spacial score (nSPS) is 20.7. The van der Waals surface area contributed by atoms with Crippen molar-refractivity contribution in [3.05, 3.63) is 81.3 Å². The van der Waals surface area contributed by atoms with Gasteiger partial charge in [-0.15, -0.1) is 9.55 Å². The van der Waals surface area contributed by atoms with E-state index in [1.807, 2.05) is 13.8 Å². The number of aliphatic hydroxyl groups excluding tert-OH is 1. The molecule has 2 fully saturated rings. The molecular formula is C31H52IN10O7P2U-. The van der Waals surface area contributed by atoms with E-state index in [9.17, 15) is 14.0 Å². The molecule has 2 unspecified atom stereocenters. The molecule has 0 amide bonds. The van der Waals surface area contributed by atoms with E-state index in [1.54, 1.807) is 43.6 Å². The zero-order valence-electron chi connectivity index (χ0n) is 29.2. The summed E-state index contributed by atoms with van der Waals surface area (Å²) in [6, 6.07) is 6.53. The van der Waals surface area contributed by atoms with Crippen LogP contribution in [0.4, 0.5) is 11.4 Å². The maximum Gasteiger partial charge on any atom is 0.485 e. The van der Waals surface area contributed by atoms with Crippen LogP contribution in [0.5, 0.6) is 0 Å². The maximum absolute atomic E-state index is 13.1. The van der Waals surface area contributed by atoms with Crippen molar-refractivity contribution in [1.82, 2.24) is 34.6 Å². The van der Waals surface area contributed by atoms with Crippen LogP contribution in [0.3, 0.4) is 0 Å². The molecule has 6 atom stereocenters. The average Bonchev–Trinajstić information content (AvgIpc) is 3.96. The Labute approximate surface area is 344 Å². The van der Waals surface area contributed by atoms with Crippen LogP contribution in [0.25, 0.3) is 0 Å². The van der Waals surface area contributed by atoms with Gasteiger partial charge in [-0.3, -0.25) is 19.6 Å². The Kier molecular flexibility index (Phi) is 26.8. The number of rotatable bonds is 10. The maximum atomic E-state index is 13.1. The van der Waals surface area contributed by atoms with E-state index < -0.39 is 15.3 Å². The molecule has 4 aromatic rings. The minimum atomic E-state index is -4.09. The topological polar surface area (TPSA) is 218 Å². The molecule has 4 aromatic heterocycles. The third kappa shape index (κ3) is 18.5.